The van der Waals surface area contributed by atoms with E-state index in [-0.39, 0.29) is 0 Å². The minimum Gasteiger partial charge on any atom is -0.294 e. The molecule has 1 fully saturated rings. The van der Waals surface area contributed by atoms with Crippen LogP contribution in [-0.4, -0.2) is 5.78 Å². The van der Waals surface area contributed by atoms with Gasteiger partial charge in [0.2, 0.25) is 0 Å². The highest BCUT2D eigenvalue weighted by Gasteiger charge is 2.36. The molecule has 1 nitrogen and oxygen atoms in total. The van der Waals surface area contributed by atoms with Crippen LogP contribution < -0.4 is 0 Å². The van der Waals surface area contributed by atoms with Crippen LogP contribution in [0, 0.1) is 12.8 Å². The van der Waals surface area contributed by atoms with E-state index >= 15 is 0 Å². The number of aryl methyl sites for hydroxylation is 1. The number of rotatable bonds is 0. The van der Waals surface area contributed by atoms with Gasteiger partial charge >= 0.3 is 0 Å². The molecule has 2 aliphatic carbocycles. The Labute approximate surface area is 90.5 Å². The van der Waals surface area contributed by atoms with E-state index in [1.165, 1.54) is 30.4 Å². The van der Waals surface area contributed by atoms with Crippen LogP contribution >= 0.6 is 0 Å². The highest BCUT2D eigenvalue weighted by atomic mass is 16.1. The number of carbonyl (C=O) groups excluding carboxylic acids is 1. The van der Waals surface area contributed by atoms with Crippen molar-refractivity contribution in [2.24, 2.45) is 5.92 Å². The van der Waals surface area contributed by atoms with Crippen LogP contribution in [0.4, 0.5) is 0 Å². The molecule has 1 aromatic rings. The van der Waals surface area contributed by atoms with Crippen LogP contribution in [-0.2, 0) is 0 Å². The molecule has 1 aromatic carbocycles. The molecule has 0 unspecified atom stereocenters. The molecule has 1 heteroatoms. The fraction of sp³-hybridized carbons (Fsp3) is 0.500. The van der Waals surface area contributed by atoms with Crippen molar-refractivity contribution in [2.75, 3.05) is 0 Å². The predicted molar refractivity (Wildman–Crippen MR) is 60.2 cm³/mol. The molecular weight excluding hydrogens is 184 g/mol. The number of fused-ring (bicyclic) bond motifs is 3. The highest BCUT2D eigenvalue weighted by molar-refractivity contribution is 5.99. The molecule has 2 atom stereocenters. The summed E-state index contributed by atoms with van der Waals surface area (Å²) in [7, 11) is 0. The van der Waals surface area contributed by atoms with E-state index in [2.05, 4.69) is 25.1 Å². The van der Waals surface area contributed by atoms with Crippen LogP contribution in [0.25, 0.3) is 0 Å². The zero-order valence-electron chi connectivity index (χ0n) is 9.12. The molecule has 2 aliphatic rings. The topological polar surface area (TPSA) is 17.1 Å². The first-order valence-corrected chi connectivity index (χ1v) is 5.89. The summed E-state index contributed by atoms with van der Waals surface area (Å²) >= 11 is 0. The lowest BCUT2D eigenvalue weighted by atomic mass is 9.76. The molecule has 0 amide bonds. The molecule has 0 aliphatic heterocycles. The normalized spacial score (nSPS) is 28.7. The molecule has 0 aromatic heterocycles. The number of ketones is 1. The summed E-state index contributed by atoms with van der Waals surface area (Å²) in [5, 5.41) is 0. The second-order valence-electron chi connectivity index (χ2n) is 5.02. The van der Waals surface area contributed by atoms with Gasteiger partial charge in [-0.1, -0.05) is 24.1 Å². The summed E-state index contributed by atoms with van der Waals surface area (Å²) in [6.07, 6.45) is 4.63. The van der Waals surface area contributed by atoms with Crippen LogP contribution in [0.1, 0.15) is 53.1 Å². The van der Waals surface area contributed by atoms with Gasteiger partial charge in [0.05, 0.1) is 0 Å². The second-order valence-corrected chi connectivity index (χ2v) is 5.02. The molecule has 0 N–H and O–H groups in total. The minimum atomic E-state index is 0.372. The van der Waals surface area contributed by atoms with Crippen molar-refractivity contribution in [2.45, 2.75) is 38.5 Å². The van der Waals surface area contributed by atoms with Crippen LogP contribution in [0.15, 0.2) is 18.2 Å². The van der Waals surface area contributed by atoms with Gasteiger partial charge in [-0.15, -0.1) is 0 Å². The standard InChI is InChI=1S/C14H16O/c1-9-5-6-12-11-4-2-3-10(11)8-14(15)13(12)7-9/h5-7,10-11H,2-4,8H2,1H3/t10-,11+/m0/s1. The zero-order chi connectivity index (χ0) is 10.4. The van der Waals surface area contributed by atoms with Crippen molar-refractivity contribution in [3.8, 4) is 0 Å². The van der Waals surface area contributed by atoms with Gasteiger partial charge in [0.15, 0.2) is 5.78 Å². The van der Waals surface area contributed by atoms with Crippen LogP contribution in [0.2, 0.25) is 0 Å². The average Bonchev–Trinajstić information content (AvgIpc) is 2.66. The lowest BCUT2D eigenvalue weighted by molar-refractivity contribution is 0.0943. The summed E-state index contributed by atoms with van der Waals surface area (Å²) in [5.74, 6) is 1.70. The number of carbonyl (C=O) groups is 1. The summed E-state index contributed by atoms with van der Waals surface area (Å²) in [5.41, 5.74) is 3.55. The molecule has 3 rings (SSSR count). The SMILES string of the molecule is Cc1ccc2c(c1)C(=O)C[C@@H]1CCC[C@@H]21. The van der Waals surface area contributed by atoms with E-state index in [9.17, 15) is 4.79 Å². The lowest BCUT2D eigenvalue weighted by Gasteiger charge is -2.27. The van der Waals surface area contributed by atoms with E-state index in [0.717, 1.165) is 12.0 Å². The maximum absolute atomic E-state index is 12.0. The molecule has 0 spiro atoms. The quantitative estimate of drug-likeness (QED) is 0.626. The Morgan fingerprint density at radius 1 is 1.27 bits per heavy atom. The van der Waals surface area contributed by atoms with Crippen molar-refractivity contribution in [1.82, 2.24) is 0 Å². The summed E-state index contributed by atoms with van der Waals surface area (Å²) in [6, 6.07) is 6.41. The monoisotopic (exact) mass is 200 g/mol. The smallest absolute Gasteiger partial charge is 0.163 e. The van der Waals surface area contributed by atoms with Gasteiger partial charge in [0, 0.05) is 12.0 Å². The van der Waals surface area contributed by atoms with Gasteiger partial charge in [-0.05, 0) is 43.2 Å². The Kier molecular flexibility index (Phi) is 1.95. The van der Waals surface area contributed by atoms with E-state index in [0.29, 0.717) is 17.6 Å². The Balaban J connectivity index is 2.14. The molecular formula is C14H16O. The van der Waals surface area contributed by atoms with Crippen molar-refractivity contribution >= 4 is 5.78 Å². The summed E-state index contributed by atoms with van der Waals surface area (Å²) in [6.45, 7) is 2.06. The average molecular weight is 200 g/mol. The largest absolute Gasteiger partial charge is 0.294 e. The van der Waals surface area contributed by atoms with Crippen molar-refractivity contribution in [3.05, 3.63) is 34.9 Å². The molecule has 78 valence electrons. The molecule has 1 saturated carbocycles. The summed E-state index contributed by atoms with van der Waals surface area (Å²) < 4.78 is 0. The molecule has 0 saturated heterocycles. The fourth-order valence-electron chi connectivity index (χ4n) is 3.27. The Bertz CT molecular complexity index is 419. The zero-order valence-corrected chi connectivity index (χ0v) is 9.12. The number of hydrogen-bond donors (Lipinski definition) is 0. The van der Waals surface area contributed by atoms with Crippen molar-refractivity contribution in [3.63, 3.8) is 0 Å². The van der Waals surface area contributed by atoms with Gasteiger partial charge in [-0.3, -0.25) is 4.79 Å². The minimum absolute atomic E-state index is 0.372. The fourth-order valence-corrected chi connectivity index (χ4v) is 3.27. The van der Waals surface area contributed by atoms with Crippen LogP contribution in [0.5, 0.6) is 0 Å². The van der Waals surface area contributed by atoms with E-state index in [1.54, 1.807) is 0 Å². The Hall–Kier alpha value is -1.11. The first-order chi connectivity index (χ1) is 7.25. The van der Waals surface area contributed by atoms with Gasteiger partial charge in [-0.2, -0.15) is 0 Å². The van der Waals surface area contributed by atoms with Crippen molar-refractivity contribution in [1.29, 1.82) is 0 Å². The number of benzene rings is 1. The third kappa shape index (κ3) is 1.33. The number of Topliss-reactive ketones (excluding diaryl/α,β-unsaturated/α-hetero) is 1. The van der Waals surface area contributed by atoms with Gasteiger partial charge in [0.25, 0.3) is 0 Å². The second kappa shape index (κ2) is 3.19. The van der Waals surface area contributed by atoms with Gasteiger partial charge in [-0.25, -0.2) is 0 Å². The molecule has 15 heavy (non-hydrogen) atoms. The third-order valence-electron chi connectivity index (χ3n) is 4.02. The molecule has 0 bridgehead atoms. The van der Waals surface area contributed by atoms with E-state index < -0.39 is 0 Å². The maximum Gasteiger partial charge on any atom is 0.163 e. The predicted octanol–water partition coefficient (Wildman–Crippen LogP) is 3.47. The van der Waals surface area contributed by atoms with Crippen LogP contribution in [0.3, 0.4) is 0 Å². The van der Waals surface area contributed by atoms with Gasteiger partial charge in [0.1, 0.15) is 0 Å². The maximum atomic E-state index is 12.0. The van der Waals surface area contributed by atoms with Crippen molar-refractivity contribution < 1.29 is 4.79 Å². The summed E-state index contributed by atoms with van der Waals surface area (Å²) in [4.78, 5) is 12.0. The third-order valence-corrected chi connectivity index (χ3v) is 4.02. The first-order valence-electron chi connectivity index (χ1n) is 5.89. The van der Waals surface area contributed by atoms with E-state index in [4.69, 9.17) is 0 Å². The Morgan fingerprint density at radius 3 is 3.00 bits per heavy atom. The van der Waals surface area contributed by atoms with E-state index in [1.807, 2.05) is 0 Å². The molecule has 0 radical (unpaired) electrons. The first kappa shape index (κ1) is 9.14. The highest BCUT2D eigenvalue weighted by Crippen LogP contribution is 2.46. The number of hydrogen-bond acceptors (Lipinski definition) is 1. The van der Waals surface area contributed by atoms with Gasteiger partial charge < -0.3 is 0 Å². The Morgan fingerprint density at radius 2 is 2.13 bits per heavy atom. The lowest BCUT2D eigenvalue weighted by Crippen LogP contribution is -2.21. The molecule has 0 heterocycles.